The zero-order valence-electron chi connectivity index (χ0n) is 9.04. The van der Waals surface area contributed by atoms with Crippen molar-refractivity contribution in [3.8, 4) is 0 Å². The van der Waals surface area contributed by atoms with Crippen molar-refractivity contribution >= 4 is 17.7 Å². The van der Waals surface area contributed by atoms with Gasteiger partial charge in [-0.25, -0.2) is 0 Å². The molecule has 0 aliphatic heterocycles. The topological polar surface area (TPSA) is 63.3 Å². The molecular weight excluding hydrogens is 198 g/mol. The van der Waals surface area contributed by atoms with Crippen molar-refractivity contribution in [2.24, 2.45) is 5.73 Å². The number of rotatable bonds is 6. The number of thioether (sulfide) groups is 1. The van der Waals surface area contributed by atoms with E-state index in [4.69, 9.17) is 10.8 Å². The minimum Gasteiger partial charge on any atom is -0.481 e. The van der Waals surface area contributed by atoms with Gasteiger partial charge in [0.1, 0.15) is 0 Å². The highest BCUT2D eigenvalue weighted by molar-refractivity contribution is 8.03. The molecule has 0 spiro atoms. The summed E-state index contributed by atoms with van der Waals surface area (Å²) >= 11 is 1.56. The molecule has 0 bridgehead atoms. The van der Waals surface area contributed by atoms with Crippen molar-refractivity contribution in [1.29, 1.82) is 0 Å². The van der Waals surface area contributed by atoms with Gasteiger partial charge < -0.3 is 10.8 Å². The van der Waals surface area contributed by atoms with E-state index in [2.05, 4.69) is 0 Å². The lowest BCUT2D eigenvalue weighted by Crippen LogP contribution is -2.22. The van der Waals surface area contributed by atoms with Crippen molar-refractivity contribution in [3.05, 3.63) is 11.0 Å². The Kier molecular flexibility index (Phi) is 5.88. The third-order valence-corrected chi connectivity index (χ3v) is 3.66. The smallest absolute Gasteiger partial charge is 0.304 e. The molecule has 82 valence electrons. The Labute approximate surface area is 89.8 Å². The first-order chi connectivity index (χ1) is 6.43. The summed E-state index contributed by atoms with van der Waals surface area (Å²) in [7, 11) is 0. The van der Waals surface area contributed by atoms with Crippen LogP contribution < -0.4 is 5.73 Å². The van der Waals surface area contributed by atoms with E-state index >= 15 is 0 Å². The van der Waals surface area contributed by atoms with Gasteiger partial charge in [0.05, 0.1) is 6.42 Å². The van der Waals surface area contributed by atoms with Gasteiger partial charge in [-0.1, -0.05) is 12.5 Å². The maximum Gasteiger partial charge on any atom is 0.304 e. The molecule has 0 aromatic carbocycles. The molecule has 0 saturated carbocycles. The maximum absolute atomic E-state index is 10.6. The van der Waals surface area contributed by atoms with Crippen molar-refractivity contribution in [2.75, 3.05) is 6.54 Å². The van der Waals surface area contributed by atoms with E-state index in [0.29, 0.717) is 6.54 Å². The third kappa shape index (κ3) is 5.29. The summed E-state index contributed by atoms with van der Waals surface area (Å²) in [5, 5.41) is 10.7. The molecule has 0 saturated heterocycles. The summed E-state index contributed by atoms with van der Waals surface area (Å²) in [5.41, 5.74) is 6.53. The zero-order chi connectivity index (χ0) is 11.2. The van der Waals surface area contributed by atoms with Crippen LogP contribution in [0.3, 0.4) is 0 Å². The van der Waals surface area contributed by atoms with Crippen LogP contribution in [0.5, 0.6) is 0 Å². The van der Waals surface area contributed by atoms with Crippen LogP contribution in [0.2, 0.25) is 0 Å². The van der Waals surface area contributed by atoms with Gasteiger partial charge in [0.25, 0.3) is 0 Å². The largest absolute Gasteiger partial charge is 0.481 e. The van der Waals surface area contributed by atoms with Gasteiger partial charge in [-0.15, -0.1) is 11.8 Å². The molecule has 3 nitrogen and oxygen atoms in total. The number of carboxylic acids is 1. The van der Waals surface area contributed by atoms with Gasteiger partial charge in [-0.05, 0) is 25.7 Å². The molecule has 0 amide bonds. The van der Waals surface area contributed by atoms with Crippen LogP contribution in [0.15, 0.2) is 11.0 Å². The summed E-state index contributed by atoms with van der Waals surface area (Å²) < 4.78 is -0.220. The van der Waals surface area contributed by atoms with E-state index in [0.717, 1.165) is 12.0 Å². The fourth-order valence-electron chi connectivity index (χ4n) is 0.861. The summed E-state index contributed by atoms with van der Waals surface area (Å²) in [5.74, 6) is -0.749. The first kappa shape index (κ1) is 13.5. The van der Waals surface area contributed by atoms with E-state index in [9.17, 15) is 4.79 Å². The Morgan fingerprint density at radius 3 is 2.57 bits per heavy atom. The summed E-state index contributed by atoms with van der Waals surface area (Å²) in [6.45, 7) is 6.44. The molecule has 0 heterocycles. The molecule has 1 unspecified atom stereocenters. The van der Waals surface area contributed by atoms with Gasteiger partial charge in [-0.3, -0.25) is 4.79 Å². The molecule has 1 atom stereocenters. The average molecular weight is 217 g/mol. The second-order valence-corrected chi connectivity index (χ2v) is 5.12. The highest BCUT2D eigenvalue weighted by atomic mass is 32.2. The molecular formula is C10H19NO2S. The lowest BCUT2D eigenvalue weighted by Gasteiger charge is -2.23. The molecule has 0 aromatic rings. The van der Waals surface area contributed by atoms with Crippen LogP contribution in [-0.2, 0) is 4.79 Å². The number of nitrogens with two attached hydrogens (primary N) is 1. The van der Waals surface area contributed by atoms with Gasteiger partial charge in [0.15, 0.2) is 0 Å². The summed E-state index contributed by atoms with van der Waals surface area (Å²) in [4.78, 5) is 10.6. The van der Waals surface area contributed by atoms with Crippen LogP contribution in [0.25, 0.3) is 0 Å². The van der Waals surface area contributed by atoms with E-state index in [1.54, 1.807) is 11.8 Å². The van der Waals surface area contributed by atoms with E-state index in [-0.39, 0.29) is 11.2 Å². The van der Waals surface area contributed by atoms with Gasteiger partial charge in [-0.2, -0.15) is 0 Å². The monoisotopic (exact) mass is 217 g/mol. The normalized spacial score (nSPS) is 16.4. The zero-order valence-corrected chi connectivity index (χ0v) is 9.86. The van der Waals surface area contributed by atoms with E-state index in [1.165, 1.54) is 0 Å². The highest BCUT2D eigenvalue weighted by Gasteiger charge is 2.25. The van der Waals surface area contributed by atoms with Crippen molar-refractivity contribution in [1.82, 2.24) is 0 Å². The lowest BCUT2D eigenvalue weighted by molar-refractivity contribution is -0.137. The molecule has 3 N–H and O–H groups in total. The minimum atomic E-state index is -0.749. The van der Waals surface area contributed by atoms with E-state index in [1.807, 2.05) is 26.2 Å². The second kappa shape index (κ2) is 6.09. The fraction of sp³-hybridized carbons (Fsp3) is 0.700. The third-order valence-electron chi connectivity index (χ3n) is 2.14. The Hall–Kier alpha value is -0.480. The number of carbonyl (C=O) groups is 1. The predicted molar refractivity (Wildman–Crippen MR) is 61.4 cm³/mol. The quantitative estimate of drug-likeness (QED) is 0.716. The highest BCUT2D eigenvalue weighted by Crippen LogP contribution is 2.33. The molecule has 0 aromatic heterocycles. The number of carboxylic acid groups (broad SMARTS) is 1. The van der Waals surface area contributed by atoms with Crippen molar-refractivity contribution in [2.45, 2.75) is 38.4 Å². The number of aliphatic carboxylic acids is 1. The van der Waals surface area contributed by atoms with Crippen molar-refractivity contribution in [3.63, 3.8) is 0 Å². The Morgan fingerprint density at radius 1 is 1.64 bits per heavy atom. The Morgan fingerprint density at radius 2 is 2.21 bits per heavy atom. The molecule has 0 aliphatic carbocycles. The lowest BCUT2D eigenvalue weighted by atomic mass is 10.0. The number of hydrogen-bond donors (Lipinski definition) is 2. The molecule has 0 aliphatic rings. The van der Waals surface area contributed by atoms with Gasteiger partial charge >= 0.3 is 5.97 Å². The first-order valence-electron chi connectivity index (χ1n) is 4.69. The SMILES string of the molecule is CCC(C)(CC(=O)O)S/C=C(\C)CN. The number of hydrogen-bond acceptors (Lipinski definition) is 3. The predicted octanol–water partition coefficient (Wildman–Crippen LogP) is 2.23. The van der Waals surface area contributed by atoms with Crippen LogP contribution >= 0.6 is 11.8 Å². The second-order valence-electron chi connectivity index (χ2n) is 3.66. The van der Waals surface area contributed by atoms with Crippen LogP contribution in [0, 0.1) is 0 Å². The Balaban J connectivity index is 4.32. The average Bonchev–Trinajstić information content (AvgIpc) is 2.13. The van der Waals surface area contributed by atoms with E-state index < -0.39 is 5.97 Å². The van der Waals surface area contributed by atoms with Crippen LogP contribution in [0.1, 0.15) is 33.6 Å². The van der Waals surface area contributed by atoms with Crippen LogP contribution in [-0.4, -0.2) is 22.4 Å². The molecule has 0 radical (unpaired) electrons. The minimum absolute atomic E-state index is 0.183. The fourth-order valence-corrected chi connectivity index (χ4v) is 1.82. The standard InChI is InChI=1S/C10H19NO2S/c1-4-10(3,5-9(12)13)14-7-8(2)6-11/h7H,4-6,11H2,1-3H3,(H,12,13)/b8-7+. The molecule has 0 fully saturated rings. The molecule has 14 heavy (non-hydrogen) atoms. The van der Waals surface area contributed by atoms with Gasteiger partial charge in [0, 0.05) is 11.3 Å². The maximum atomic E-state index is 10.6. The summed E-state index contributed by atoms with van der Waals surface area (Å²) in [6.07, 6.45) is 1.01. The molecule has 4 heteroatoms. The summed E-state index contributed by atoms with van der Waals surface area (Å²) in [6, 6.07) is 0. The molecule has 0 rings (SSSR count). The first-order valence-corrected chi connectivity index (χ1v) is 5.57. The van der Waals surface area contributed by atoms with Gasteiger partial charge in [0.2, 0.25) is 0 Å². The van der Waals surface area contributed by atoms with Crippen molar-refractivity contribution < 1.29 is 9.90 Å². The van der Waals surface area contributed by atoms with Crippen LogP contribution in [0.4, 0.5) is 0 Å². The Bertz CT molecular complexity index is 228.